The maximum absolute atomic E-state index is 11.2. The number of fused-ring (bicyclic) bond motifs is 1. The van der Waals surface area contributed by atoms with E-state index >= 15 is 0 Å². The molecule has 0 aliphatic heterocycles. The zero-order valence-corrected chi connectivity index (χ0v) is 9.73. The Morgan fingerprint density at radius 3 is 2.80 bits per heavy atom. The number of benzene rings is 1. The summed E-state index contributed by atoms with van der Waals surface area (Å²) in [6.07, 6.45) is 1.21. The molecule has 3 nitrogen and oxygen atoms in total. The van der Waals surface area contributed by atoms with Gasteiger partial charge in [-0.15, -0.1) is 11.3 Å². The molecule has 0 aliphatic carbocycles. The topological polar surface area (TPSA) is 54.4 Å². The summed E-state index contributed by atoms with van der Waals surface area (Å²) in [5, 5.41) is 12.0. The van der Waals surface area contributed by atoms with Crippen LogP contribution in [-0.2, 0) is 15.6 Å². The Bertz CT molecular complexity index is 596. The summed E-state index contributed by atoms with van der Waals surface area (Å²) in [5.74, 6) is 0.187. The molecule has 80 valence electrons. The van der Waals surface area contributed by atoms with Crippen molar-refractivity contribution in [1.82, 2.24) is 0 Å². The van der Waals surface area contributed by atoms with Crippen molar-refractivity contribution in [3.05, 3.63) is 29.1 Å². The highest BCUT2D eigenvalue weighted by molar-refractivity contribution is 7.89. The molecule has 1 N–H and O–H groups in total. The number of rotatable bonds is 2. The van der Waals surface area contributed by atoms with Gasteiger partial charge in [0.1, 0.15) is 5.75 Å². The lowest BCUT2D eigenvalue weighted by Gasteiger charge is -1.98. The van der Waals surface area contributed by atoms with E-state index in [-0.39, 0.29) is 11.5 Å². The molecular formula is C10H10O3S2. The van der Waals surface area contributed by atoms with Gasteiger partial charge in [0.15, 0.2) is 9.84 Å². The summed E-state index contributed by atoms with van der Waals surface area (Å²) in [6, 6.07) is 5.00. The van der Waals surface area contributed by atoms with Crippen molar-refractivity contribution in [1.29, 1.82) is 0 Å². The normalized spacial score (nSPS) is 12.1. The number of thiophene rings is 1. The molecule has 0 spiro atoms. The summed E-state index contributed by atoms with van der Waals surface area (Å²) >= 11 is 1.49. The van der Waals surface area contributed by atoms with Crippen LogP contribution in [0.25, 0.3) is 10.1 Å². The molecule has 0 saturated heterocycles. The largest absolute Gasteiger partial charge is 0.508 e. The van der Waals surface area contributed by atoms with E-state index in [1.165, 1.54) is 17.6 Å². The van der Waals surface area contributed by atoms with Crippen molar-refractivity contribution < 1.29 is 13.5 Å². The van der Waals surface area contributed by atoms with E-state index in [0.717, 1.165) is 15.6 Å². The zero-order valence-electron chi connectivity index (χ0n) is 8.10. The Morgan fingerprint density at radius 1 is 1.40 bits per heavy atom. The second kappa shape index (κ2) is 3.50. The highest BCUT2D eigenvalue weighted by Gasteiger charge is 2.10. The number of hydrogen-bond acceptors (Lipinski definition) is 4. The van der Waals surface area contributed by atoms with Gasteiger partial charge in [0.05, 0.1) is 5.75 Å². The van der Waals surface area contributed by atoms with Crippen molar-refractivity contribution in [2.45, 2.75) is 5.75 Å². The molecule has 0 aliphatic rings. The molecule has 5 heteroatoms. The monoisotopic (exact) mass is 242 g/mol. The molecular weight excluding hydrogens is 232 g/mol. The fourth-order valence-corrected chi connectivity index (χ4v) is 3.32. The van der Waals surface area contributed by atoms with Crippen molar-refractivity contribution in [3.63, 3.8) is 0 Å². The quantitative estimate of drug-likeness (QED) is 0.878. The van der Waals surface area contributed by atoms with E-state index in [0.29, 0.717) is 0 Å². The summed E-state index contributed by atoms with van der Waals surface area (Å²) in [5.41, 5.74) is 0.758. The Hall–Kier alpha value is -1.07. The summed E-state index contributed by atoms with van der Waals surface area (Å²) in [7, 11) is -3.03. The third-order valence-electron chi connectivity index (χ3n) is 2.05. The van der Waals surface area contributed by atoms with Crippen LogP contribution in [0.3, 0.4) is 0 Å². The first-order chi connectivity index (χ1) is 6.96. The van der Waals surface area contributed by atoms with Gasteiger partial charge in [-0.25, -0.2) is 8.42 Å². The van der Waals surface area contributed by atoms with Crippen molar-refractivity contribution >= 4 is 31.3 Å². The maximum Gasteiger partial charge on any atom is 0.151 e. The molecule has 2 aromatic rings. The number of phenols is 1. The molecule has 0 amide bonds. The van der Waals surface area contributed by atoms with Gasteiger partial charge in [-0.1, -0.05) is 0 Å². The van der Waals surface area contributed by atoms with Gasteiger partial charge in [-0.3, -0.25) is 0 Å². The molecule has 1 heterocycles. The number of phenolic OH excluding ortho intramolecular Hbond substituents is 1. The first kappa shape index (κ1) is 10.4. The SMILES string of the molecule is CS(=O)(=O)Cc1csc2ccc(O)cc12. The summed E-state index contributed by atoms with van der Waals surface area (Å²) in [4.78, 5) is 0. The summed E-state index contributed by atoms with van der Waals surface area (Å²) < 4.78 is 23.3. The molecule has 1 aromatic carbocycles. The van der Waals surface area contributed by atoms with Crippen LogP contribution in [-0.4, -0.2) is 19.8 Å². The number of sulfone groups is 1. The van der Waals surface area contributed by atoms with Crippen molar-refractivity contribution in [2.75, 3.05) is 6.26 Å². The lowest BCUT2D eigenvalue weighted by atomic mass is 10.2. The number of hydrogen-bond donors (Lipinski definition) is 1. The molecule has 0 fully saturated rings. The second-order valence-electron chi connectivity index (χ2n) is 3.51. The average Bonchev–Trinajstić information content (AvgIpc) is 2.46. The molecule has 1 aromatic heterocycles. The lowest BCUT2D eigenvalue weighted by Crippen LogP contribution is -1.99. The van der Waals surface area contributed by atoms with Crippen LogP contribution < -0.4 is 0 Å². The predicted octanol–water partition coefficient (Wildman–Crippen LogP) is 2.15. The number of aromatic hydroxyl groups is 1. The fourth-order valence-electron chi connectivity index (χ4n) is 1.46. The van der Waals surface area contributed by atoms with Crippen LogP contribution in [0.1, 0.15) is 5.56 Å². The summed E-state index contributed by atoms with van der Waals surface area (Å²) in [6.45, 7) is 0. The van der Waals surface area contributed by atoms with E-state index in [2.05, 4.69) is 0 Å². The Balaban J connectivity index is 2.57. The minimum atomic E-state index is -3.03. The highest BCUT2D eigenvalue weighted by Crippen LogP contribution is 2.29. The van der Waals surface area contributed by atoms with Gasteiger partial charge in [0.2, 0.25) is 0 Å². The van der Waals surface area contributed by atoms with E-state index in [1.807, 2.05) is 5.38 Å². The predicted molar refractivity (Wildman–Crippen MR) is 62.0 cm³/mol. The van der Waals surface area contributed by atoms with Gasteiger partial charge < -0.3 is 5.11 Å². The molecule has 15 heavy (non-hydrogen) atoms. The Kier molecular flexibility index (Phi) is 2.44. The molecule has 0 saturated carbocycles. The Labute approximate surface area is 91.9 Å². The first-order valence-electron chi connectivity index (χ1n) is 4.32. The van der Waals surface area contributed by atoms with Crippen molar-refractivity contribution in [2.24, 2.45) is 0 Å². The minimum Gasteiger partial charge on any atom is -0.508 e. The smallest absolute Gasteiger partial charge is 0.151 e. The molecule has 0 bridgehead atoms. The van der Waals surface area contributed by atoms with Crippen LogP contribution in [0.15, 0.2) is 23.6 Å². The Morgan fingerprint density at radius 2 is 2.13 bits per heavy atom. The second-order valence-corrected chi connectivity index (χ2v) is 6.56. The van der Waals surface area contributed by atoms with Crippen LogP contribution in [0.5, 0.6) is 5.75 Å². The van der Waals surface area contributed by atoms with Crippen LogP contribution >= 0.6 is 11.3 Å². The highest BCUT2D eigenvalue weighted by atomic mass is 32.2. The average molecular weight is 242 g/mol. The first-order valence-corrected chi connectivity index (χ1v) is 7.26. The maximum atomic E-state index is 11.2. The standard InChI is InChI=1S/C10H10O3S2/c1-15(12,13)6-7-5-14-10-3-2-8(11)4-9(7)10/h2-5,11H,6H2,1H3. The van der Waals surface area contributed by atoms with Gasteiger partial charge >= 0.3 is 0 Å². The minimum absolute atomic E-state index is 0.0243. The van der Waals surface area contributed by atoms with E-state index in [1.54, 1.807) is 18.2 Å². The van der Waals surface area contributed by atoms with Gasteiger partial charge in [-0.05, 0) is 29.1 Å². The molecule has 0 unspecified atom stereocenters. The van der Waals surface area contributed by atoms with Crippen LogP contribution in [0.4, 0.5) is 0 Å². The van der Waals surface area contributed by atoms with E-state index in [9.17, 15) is 13.5 Å². The molecule has 0 radical (unpaired) electrons. The van der Waals surface area contributed by atoms with Gasteiger partial charge in [0, 0.05) is 16.3 Å². The van der Waals surface area contributed by atoms with Gasteiger partial charge in [0.25, 0.3) is 0 Å². The third-order valence-corrected chi connectivity index (χ3v) is 3.90. The molecule has 2 rings (SSSR count). The lowest BCUT2D eigenvalue weighted by molar-refractivity contribution is 0.476. The van der Waals surface area contributed by atoms with E-state index in [4.69, 9.17) is 0 Å². The van der Waals surface area contributed by atoms with E-state index < -0.39 is 9.84 Å². The third kappa shape index (κ3) is 2.30. The van der Waals surface area contributed by atoms with Crippen molar-refractivity contribution in [3.8, 4) is 5.75 Å². The molecule has 0 atom stereocenters. The zero-order chi connectivity index (χ0) is 11.1. The van der Waals surface area contributed by atoms with Crippen LogP contribution in [0.2, 0.25) is 0 Å². The van der Waals surface area contributed by atoms with Gasteiger partial charge in [-0.2, -0.15) is 0 Å². The fraction of sp³-hybridized carbons (Fsp3) is 0.200. The van der Waals surface area contributed by atoms with Crippen LogP contribution in [0, 0.1) is 0 Å².